The van der Waals surface area contributed by atoms with Gasteiger partial charge in [-0.3, -0.25) is 14.8 Å². The average molecular weight is 430 g/mol. The Hall–Kier alpha value is -3.41. The molecule has 1 N–H and O–H groups in total. The summed E-state index contributed by atoms with van der Waals surface area (Å²) in [6.45, 7) is 0.478. The van der Waals surface area contributed by atoms with Gasteiger partial charge in [0.05, 0.1) is 31.0 Å². The van der Waals surface area contributed by atoms with E-state index in [2.05, 4.69) is 21.4 Å². The molecule has 164 valence electrons. The van der Waals surface area contributed by atoms with Gasteiger partial charge in [0, 0.05) is 24.4 Å². The predicted octanol–water partition coefficient (Wildman–Crippen LogP) is 4.08. The molecule has 3 aromatic rings. The molecular formula is C26H27N3O3. The number of methoxy groups -OCH3 is 1. The number of carbonyl (C=O) groups is 1. The number of aromatic nitrogens is 2. The van der Waals surface area contributed by atoms with Gasteiger partial charge in [-0.25, -0.2) is 0 Å². The number of para-hydroxylation sites is 1. The Morgan fingerprint density at radius 1 is 1.16 bits per heavy atom. The highest BCUT2D eigenvalue weighted by molar-refractivity contribution is 5.88. The molecule has 0 saturated heterocycles. The first-order valence-corrected chi connectivity index (χ1v) is 11.2. The highest BCUT2D eigenvalue weighted by atomic mass is 16.5. The SMILES string of the molecule is COc1ccc(C2(C(=O)NCC3Cc4cccc(-c5cnccn5)c4O3)CCCC2)cc1. The van der Waals surface area contributed by atoms with Crippen LogP contribution in [0.15, 0.2) is 61.1 Å². The fourth-order valence-corrected chi connectivity index (χ4v) is 5.00. The van der Waals surface area contributed by atoms with Crippen LogP contribution in [0, 0.1) is 0 Å². The Labute approximate surface area is 188 Å². The molecule has 2 aromatic carbocycles. The third-order valence-electron chi connectivity index (χ3n) is 6.69. The van der Waals surface area contributed by atoms with Gasteiger partial charge < -0.3 is 14.8 Å². The maximum Gasteiger partial charge on any atom is 0.230 e. The van der Waals surface area contributed by atoms with Crippen LogP contribution in [0.1, 0.15) is 36.8 Å². The minimum Gasteiger partial charge on any atom is -0.497 e. The first-order chi connectivity index (χ1) is 15.7. The van der Waals surface area contributed by atoms with Crippen molar-refractivity contribution in [3.8, 4) is 22.8 Å². The lowest BCUT2D eigenvalue weighted by Crippen LogP contribution is -2.45. The maximum absolute atomic E-state index is 13.4. The third-order valence-corrected chi connectivity index (χ3v) is 6.69. The molecule has 1 aliphatic heterocycles. The van der Waals surface area contributed by atoms with Crippen LogP contribution in [0.25, 0.3) is 11.3 Å². The number of carbonyl (C=O) groups excluding carboxylic acids is 1. The topological polar surface area (TPSA) is 73.3 Å². The van der Waals surface area contributed by atoms with Crippen molar-refractivity contribution in [2.45, 2.75) is 43.6 Å². The van der Waals surface area contributed by atoms with E-state index in [1.165, 1.54) is 0 Å². The number of nitrogens with zero attached hydrogens (tertiary/aromatic N) is 2. The number of fused-ring (bicyclic) bond motifs is 1. The van der Waals surface area contributed by atoms with E-state index in [0.717, 1.165) is 66.0 Å². The second kappa shape index (κ2) is 8.61. The van der Waals surface area contributed by atoms with Gasteiger partial charge in [-0.15, -0.1) is 0 Å². The fraction of sp³-hybridized carbons (Fsp3) is 0.346. The van der Waals surface area contributed by atoms with Gasteiger partial charge in [-0.1, -0.05) is 37.1 Å². The summed E-state index contributed by atoms with van der Waals surface area (Å²) in [4.78, 5) is 22.0. The van der Waals surface area contributed by atoms with Gasteiger partial charge in [-0.05, 0) is 42.2 Å². The van der Waals surface area contributed by atoms with Crippen molar-refractivity contribution in [1.82, 2.24) is 15.3 Å². The van der Waals surface area contributed by atoms with Crippen LogP contribution in [0.3, 0.4) is 0 Å². The summed E-state index contributed by atoms with van der Waals surface area (Å²) in [5.74, 6) is 1.74. The number of hydrogen-bond donors (Lipinski definition) is 1. The van der Waals surface area contributed by atoms with E-state index in [-0.39, 0.29) is 12.0 Å². The minimum absolute atomic E-state index is 0.0915. The van der Waals surface area contributed by atoms with E-state index in [0.29, 0.717) is 6.54 Å². The maximum atomic E-state index is 13.4. The zero-order valence-corrected chi connectivity index (χ0v) is 18.2. The van der Waals surface area contributed by atoms with E-state index >= 15 is 0 Å². The van der Waals surface area contributed by atoms with E-state index in [9.17, 15) is 4.79 Å². The van der Waals surface area contributed by atoms with E-state index in [4.69, 9.17) is 9.47 Å². The summed E-state index contributed by atoms with van der Waals surface area (Å²) in [5, 5.41) is 3.21. The van der Waals surface area contributed by atoms with Gasteiger partial charge in [0.2, 0.25) is 5.91 Å². The first-order valence-electron chi connectivity index (χ1n) is 11.2. The Bertz CT molecular complexity index is 1090. The number of benzene rings is 2. The van der Waals surface area contributed by atoms with Crippen LogP contribution in [0.2, 0.25) is 0 Å². The molecule has 1 aliphatic carbocycles. The summed E-state index contributed by atoms with van der Waals surface area (Å²) in [6, 6.07) is 14.0. The lowest BCUT2D eigenvalue weighted by molar-refractivity contribution is -0.127. The van der Waals surface area contributed by atoms with Crippen molar-refractivity contribution in [2.24, 2.45) is 0 Å². The molecule has 1 aromatic heterocycles. The highest BCUT2D eigenvalue weighted by Crippen LogP contribution is 2.42. The quantitative estimate of drug-likeness (QED) is 0.639. The minimum atomic E-state index is -0.470. The van der Waals surface area contributed by atoms with Crippen molar-refractivity contribution in [3.63, 3.8) is 0 Å². The summed E-state index contributed by atoms with van der Waals surface area (Å²) < 4.78 is 11.6. The molecule has 1 atom stereocenters. The van der Waals surface area contributed by atoms with Crippen LogP contribution < -0.4 is 14.8 Å². The second-order valence-corrected chi connectivity index (χ2v) is 8.56. The smallest absolute Gasteiger partial charge is 0.230 e. The summed E-state index contributed by atoms with van der Waals surface area (Å²) in [7, 11) is 1.66. The Morgan fingerprint density at radius 3 is 2.69 bits per heavy atom. The summed E-state index contributed by atoms with van der Waals surface area (Å²) >= 11 is 0. The molecular weight excluding hydrogens is 402 g/mol. The largest absolute Gasteiger partial charge is 0.497 e. The summed E-state index contributed by atoms with van der Waals surface area (Å²) in [6.07, 6.45) is 9.61. The fourth-order valence-electron chi connectivity index (χ4n) is 5.00. The van der Waals surface area contributed by atoms with E-state index in [1.54, 1.807) is 25.7 Å². The molecule has 6 heteroatoms. The normalized spacial score (nSPS) is 18.6. The average Bonchev–Trinajstić information content (AvgIpc) is 3.51. The summed E-state index contributed by atoms with van der Waals surface area (Å²) in [5.41, 5.74) is 3.46. The molecule has 0 spiro atoms. The zero-order chi connectivity index (χ0) is 22.0. The molecule has 0 radical (unpaired) electrons. The van der Waals surface area contributed by atoms with Crippen molar-refractivity contribution in [3.05, 3.63) is 72.2 Å². The van der Waals surface area contributed by atoms with Gasteiger partial charge in [0.1, 0.15) is 17.6 Å². The van der Waals surface area contributed by atoms with E-state index < -0.39 is 5.41 Å². The predicted molar refractivity (Wildman–Crippen MR) is 122 cm³/mol. The number of amides is 1. The van der Waals surface area contributed by atoms with Gasteiger partial charge >= 0.3 is 0 Å². The molecule has 5 rings (SSSR count). The van der Waals surface area contributed by atoms with Crippen LogP contribution in [0.4, 0.5) is 0 Å². The molecule has 6 nitrogen and oxygen atoms in total. The molecule has 2 heterocycles. The van der Waals surface area contributed by atoms with Gasteiger partial charge in [0.25, 0.3) is 0 Å². The lowest BCUT2D eigenvalue weighted by atomic mass is 9.78. The molecule has 1 saturated carbocycles. The molecule has 1 unspecified atom stereocenters. The van der Waals surface area contributed by atoms with E-state index in [1.807, 2.05) is 36.4 Å². The molecule has 0 bridgehead atoms. The molecule has 32 heavy (non-hydrogen) atoms. The third kappa shape index (κ3) is 3.70. The number of nitrogens with one attached hydrogen (secondary N) is 1. The van der Waals surface area contributed by atoms with Gasteiger partial charge in [0.15, 0.2) is 0 Å². The van der Waals surface area contributed by atoms with Crippen LogP contribution in [-0.4, -0.2) is 35.6 Å². The Morgan fingerprint density at radius 2 is 1.97 bits per heavy atom. The molecule has 1 amide bonds. The Kier molecular flexibility index (Phi) is 5.52. The number of hydrogen-bond acceptors (Lipinski definition) is 5. The Balaban J connectivity index is 1.29. The van der Waals surface area contributed by atoms with Crippen LogP contribution in [-0.2, 0) is 16.6 Å². The number of ether oxygens (including phenoxy) is 2. The van der Waals surface area contributed by atoms with Crippen LogP contribution in [0.5, 0.6) is 11.5 Å². The standard InChI is InChI=1S/C26H27N3O3/c1-31-20-9-7-19(8-10-20)26(11-2-3-12-26)25(30)29-16-21-15-18-5-4-6-22(24(18)32-21)23-17-27-13-14-28-23/h4-10,13-14,17,21H,2-3,11-12,15-16H2,1H3,(H,29,30). The second-order valence-electron chi connectivity index (χ2n) is 8.56. The van der Waals surface area contributed by atoms with Crippen LogP contribution >= 0.6 is 0 Å². The first kappa shape index (κ1) is 20.5. The highest BCUT2D eigenvalue weighted by Gasteiger charge is 2.43. The van der Waals surface area contributed by atoms with Crippen molar-refractivity contribution >= 4 is 5.91 Å². The zero-order valence-electron chi connectivity index (χ0n) is 18.2. The molecule has 1 fully saturated rings. The van der Waals surface area contributed by atoms with Crippen molar-refractivity contribution in [1.29, 1.82) is 0 Å². The lowest BCUT2D eigenvalue weighted by Gasteiger charge is -2.29. The monoisotopic (exact) mass is 429 g/mol. The number of rotatable bonds is 6. The molecule has 2 aliphatic rings. The van der Waals surface area contributed by atoms with Gasteiger partial charge in [-0.2, -0.15) is 0 Å². The van der Waals surface area contributed by atoms with Crippen molar-refractivity contribution in [2.75, 3.05) is 13.7 Å². The van der Waals surface area contributed by atoms with Crippen molar-refractivity contribution < 1.29 is 14.3 Å².